The summed E-state index contributed by atoms with van der Waals surface area (Å²) in [6, 6.07) is 8.62. The zero-order valence-electron chi connectivity index (χ0n) is 18.2. The fourth-order valence-electron chi connectivity index (χ4n) is 3.38. The summed E-state index contributed by atoms with van der Waals surface area (Å²) in [6.07, 6.45) is 17.2. The Balaban J connectivity index is 1.94. The van der Waals surface area contributed by atoms with Gasteiger partial charge >= 0.3 is 0 Å². The van der Waals surface area contributed by atoms with Crippen LogP contribution < -0.4 is 0 Å². The molecule has 0 heterocycles. The second-order valence-electron chi connectivity index (χ2n) is 7.91. The summed E-state index contributed by atoms with van der Waals surface area (Å²) in [7, 11) is -3.62. The van der Waals surface area contributed by atoms with E-state index in [1.807, 2.05) is 6.07 Å². The molecule has 1 aromatic rings. The molecule has 0 atom stereocenters. The van der Waals surface area contributed by atoms with E-state index in [4.69, 9.17) is 4.18 Å². The van der Waals surface area contributed by atoms with Gasteiger partial charge in [0.15, 0.2) is 5.78 Å². The smallest absolute Gasteiger partial charge is 0.267 e. The Morgan fingerprint density at radius 3 is 1.66 bits per heavy atom. The molecule has 0 aliphatic carbocycles. The fraction of sp³-hybridized carbons (Fsp3) is 0.708. The van der Waals surface area contributed by atoms with Crippen molar-refractivity contribution in [2.24, 2.45) is 0 Å². The molecule has 5 heteroatoms. The van der Waals surface area contributed by atoms with E-state index < -0.39 is 16.7 Å². The number of unbranched alkanes of at least 4 members (excludes halogenated alkanes) is 13. The molecule has 0 spiro atoms. The van der Waals surface area contributed by atoms with E-state index in [9.17, 15) is 13.2 Å². The van der Waals surface area contributed by atoms with Gasteiger partial charge in [-0.15, -0.1) is 0 Å². The Morgan fingerprint density at radius 2 is 1.17 bits per heavy atom. The molecule has 0 unspecified atom stereocenters. The highest BCUT2D eigenvalue weighted by Crippen LogP contribution is 2.13. The largest absolute Gasteiger partial charge is 0.291 e. The van der Waals surface area contributed by atoms with Crippen LogP contribution in [0.2, 0.25) is 0 Å². The molecule has 1 rings (SSSR count). The molecule has 0 N–H and O–H groups in total. The normalized spacial score (nSPS) is 11.6. The molecule has 0 bridgehead atoms. The van der Waals surface area contributed by atoms with Crippen molar-refractivity contribution in [1.29, 1.82) is 0 Å². The highest BCUT2D eigenvalue weighted by molar-refractivity contribution is 7.86. The van der Waals surface area contributed by atoms with E-state index in [1.54, 1.807) is 24.3 Å². The summed E-state index contributed by atoms with van der Waals surface area (Å²) < 4.78 is 28.7. The lowest BCUT2D eigenvalue weighted by molar-refractivity contribution is 0.0924. The Labute approximate surface area is 178 Å². The van der Waals surface area contributed by atoms with Gasteiger partial charge in [-0.25, -0.2) is 0 Å². The highest BCUT2D eigenvalue weighted by atomic mass is 32.2. The van der Waals surface area contributed by atoms with Crippen molar-refractivity contribution in [1.82, 2.24) is 0 Å². The molecule has 0 amide bonds. The summed E-state index contributed by atoms with van der Waals surface area (Å²) in [4.78, 5) is 11.9. The topological polar surface area (TPSA) is 60.4 Å². The van der Waals surface area contributed by atoms with Gasteiger partial charge < -0.3 is 0 Å². The molecule has 4 nitrogen and oxygen atoms in total. The number of hydrogen-bond acceptors (Lipinski definition) is 4. The van der Waals surface area contributed by atoms with Gasteiger partial charge in [-0.1, -0.05) is 121 Å². The molecule has 0 saturated heterocycles. The van der Waals surface area contributed by atoms with Crippen LogP contribution in [-0.4, -0.2) is 26.6 Å². The van der Waals surface area contributed by atoms with E-state index in [0.29, 0.717) is 12.0 Å². The summed E-state index contributed by atoms with van der Waals surface area (Å²) in [6.45, 7) is 1.84. The minimum atomic E-state index is -3.62. The maximum absolute atomic E-state index is 11.9. The monoisotopic (exact) mass is 424 g/mol. The van der Waals surface area contributed by atoms with Gasteiger partial charge in [-0.2, -0.15) is 8.42 Å². The van der Waals surface area contributed by atoms with E-state index in [1.165, 1.54) is 70.6 Å². The fourth-order valence-corrected chi connectivity index (χ4v) is 4.35. The van der Waals surface area contributed by atoms with Crippen molar-refractivity contribution in [3.05, 3.63) is 35.9 Å². The number of Topliss-reactive ketones (excluding diaryl/α,β-unsaturated/α-hetero) is 1. The highest BCUT2D eigenvalue weighted by Gasteiger charge is 2.14. The quantitative estimate of drug-likeness (QED) is 0.141. The second-order valence-corrected chi connectivity index (χ2v) is 9.67. The Morgan fingerprint density at radius 1 is 0.724 bits per heavy atom. The summed E-state index contributed by atoms with van der Waals surface area (Å²) in [5.74, 6) is -0.317. The average molecular weight is 425 g/mol. The zero-order valence-corrected chi connectivity index (χ0v) is 19.1. The van der Waals surface area contributed by atoms with E-state index in [2.05, 4.69) is 6.92 Å². The molecule has 29 heavy (non-hydrogen) atoms. The van der Waals surface area contributed by atoms with Gasteiger partial charge in [0.25, 0.3) is 10.1 Å². The molecule has 0 aliphatic rings. The van der Waals surface area contributed by atoms with Crippen LogP contribution in [0.1, 0.15) is 107 Å². The second kappa shape index (κ2) is 16.6. The first-order valence-electron chi connectivity index (χ1n) is 11.5. The number of benzene rings is 1. The summed E-state index contributed by atoms with van der Waals surface area (Å²) >= 11 is 0. The van der Waals surface area contributed by atoms with Gasteiger partial charge in [-0.3, -0.25) is 8.98 Å². The van der Waals surface area contributed by atoms with Crippen molar-refractivity contribution in [2.45, 2.75) is 96.8 Å². The van der Waals surface area contributed by atoms with Gasteiger partial charge in [0.1, 0.15) is 6.61 Å². The molecule has 0 aromatic heterocycles. The van der Waals surface area contributed by atoms with Crippen molar-refractivity contribution in [3.63, 3.8) is 0 Å². The third-order valence-corrected chi connectivity index (χ3v) is 6.48. The number of carbonyl (C=O) groups is 1. The molecule has 0 saturated carbocycles. The molecule has 0 radical (unpaired) electrons. The van der Waals surface area contributed by atoms with Crippen LogP contribution in [0, 0.1) is 0 Å². The number of rotatable bonds is 19. The average Bonchev–Trinajstić information content (AvgIpc) is 2.73. The predicted octanol–water partition coefficient (Wildman–Crippen LogP) is 6.70. The van der Waals surface area contributed by atoms with Gasteiger partial charge in [0.2, 0.25) is 0 Å². The molecular weight excluding hydrogens is 384 g/mol. The van der Waals surface area contributed by atoms with Crippen molar-refractivity contribution >= 4 is 15.9 Å². The first-order valence-corrected chi connectivity index (χ1v) is 13.1. The summed E-state index contributed by atoms with van der Waals surface area (Å²) in [5, 5.41) is 0. The minimum Gasteiger partial charge on any atom is -0.291 e. The van der Waals surface area contributed by atoms with Crippen LogP contribution in [0.25, 0.3) is 0 Å². The maximum Gasteiger partial charge on any atom is 0.267 e. The standard InChI is InChI=1S/C24H40O4S/c1-2-3-4-5-6-7-8-9-10-11-12-13-14-18-21-29(26,27)28-22-24(25)23-19-16-15-17-20-23/h15-17,19-20H,2-14,18,21-22H2,1H3. The minimum absolute atomic E-state index is 0.00684. The van der Waals surface area contributed by atoms with Crippen LogP contribution in [-0.2, 0) is 14.3 Å². The lowest BCUT2D eigenvalue weighted by atomic mass is 10.0. The lowest BCUT2D eigenvalue weighted by Crippen LogP contribution is -2.17. The number of ketones is 1. The SMILES string of the molecule is CCCCCCCCCCCCCCCCS(=O)(=O)OCC(=O)c1ccccc1. The molecular formula is C24H40O4S. The van der Waals surface area contributed by atoms with Crippen LogP contribution in [0.5, 0.6) is 0 Å². The van der Waals surface area contributed by atoms with Crippen LogP contribution in [0.4, 0.5) is 0 Å². The summed E-state index contributed by atoms with van der Waals surface area (Å²) in [5.41, 5.74) is 0.471. The molecule has 0 fully saturated rings. The first kappa shape index (κ1) is 25.8. The number of carbonyl (C=O) groups excluding carboxylic acids is 1. The van der Waals surface area contributed by atoms with E-state index in [-0.39, 0.29) is 11.5 Å². The molecule has 1 aromatic carbocycles. The zero-order chi connectivity index (χ0) is 21.2. The van der Waals surface area contributed by atoms with Crippen molar-refractivity contribution in [2.75, 3.05) is 12.4 Å². The third-order valence-electron chi connectivity index (χ3n) is 5.21. The van der Waals surface area contributed by atoms with Crippen LogP contribution >= 0.6 is 0 Å². The van der Waals surface area contributed by atoms with E-state index >= 15 is 0 Å². The van der Waals surface area contributed by atoms with Crippen LogP contribution in [0.3, 0.4) is 0 Å². The van der Waals surface area contributed by atoms with Gasteiger partial charge in [0.05, 0.1) is 5.75 Å². The maximum atomic E-state index is 11.9. The Bertz CT molecular complexity index is 626. The lowest BCUT2D eigenvalue weighted by Gasteiger charge is -2.06. The third kappa shape index (κ3) is 14.4. The van der Waals surface area contributed by atoms with Gasteiger partial charge in [-0.05, 0) is 6.42 Å². The molecule has 0 aliphatic heterocycles. The number of hydrogen-bond donors (Lipinski definition) is 0. The first-order chi connectivity index (χ1) is 14.0. The van der Waals surface area contributed by atoms with E-state index in [0.717, 1.165) is 12.8 Å². The van der Waals surface area contributed by atoms with Crippen molar-refractivity contribution in [3.8, 4) is 0 Å². The molecule has 166 valence electrons. The van der Waals surface area contributed by atoms with Gasteiger partial charge in [0, 0.05) is 5.56 Å². The Hall–Kier alpha value is -1.20. The predicted molar refractivity (Wildman–Crippen MR) is 121 cm³/mol. The van der Waals surface area contributed by atoms with Crippen molar-refractivity contribution < 1.29 is 17.4 Å². The van der Waals surface area contributed by atoms with Crippen LogP contribution in [0.15, 0.2) is 30.3 Å². The Kier molecular flexibility index (Phi) is 14.8.